The van der Waals surface area contributed by atoms with Gasteiger partial charge in [-0.15, -0.1) is 0 Å². The Hall–Kier alpha value is -2.25. The Kier molecular flexibility index (Phi) is 6.23. The summed E-state index contributed by atoms with van der Waals surface area (Å²) in [7, 11) is 1.42. The van der Waals surface area contributed by atoms with Crippen LogP contribution < -0.4 is 10.1 Å². The lowest BCUT2D eigenvalue weighted by atomic mass is 10.2. The molecule has 0 saturated heterocycles. The summed E-state index contributed by atoms with van der Waals surface area (Å²) in [6.07, 6.45) is 6.03. The molecular weight excluding hydrogens is 393 g/mol. The molecule has 0 atom stereocenters. The lowest BCUT2D eigenvalue weighted by Crippen LogP contribution is -2.23. The van der Waals surface area contributed by atoms with Gasteiger partial charge in [0, 0.05) is 6.07 Å². The number of carbonyl (C=O) groups excluding carboxylic acids is 2. The molecule has 1 N–H and O–H groups in total. The van der Waals surface area contributed by atoms with E-state index in [1.54, 1.807) is 12.3 Å². The first-order valence-corrected chi connectivity index (χ1v) is 9.28. The number of nitrogens with one attached hydrogen (secondary N) is 1. The minimum Gasteiger partial charge on any atom is -0.494 e. The SMILES string of the molecule is COc1c(Cl)cc(C(=O)OCC(=O)Nc2ccnn2C2CCCC2)cc1Cl. The highest BCUT2D eigenvalue weighted by Gasteiger charge is 2.21. The predicted octanol–water partition coefficient (Wildman–Crippen LogP) is 4.11. The summed E-state index contributed by atoms with van der Waals surface area (Å²) in [6.45, 7) is -0.435. The molecule has 1 aromatic carbocycles. The van der Waals surface area contributed by atoms with Crippen molar-refractivity contribution in [1.82, 2.24) is 9.78 Å². The molecule has 1 aliphatic rings. The zero-order valence-corrected chi connectivity index (χ0v) is 16.2. The van der Waals surface area contributed by atoms with Gasteiger partial charge < -0.3 is 14.8 Å². The van der Waals surface area contributed by atoms with Crippen molar-refractivity contribution >= 4 is 40.9 Å². The van der Waals surface area contributed by atoms with Crippen LogP contribution in [0.3, 0.4) is 0 Å². The lowest BCUT2D eigenvalue weighted by Gasteiger charge is -2.14. The molecule has 9 heteroatoms. The average molecular weight is 412 g/mol. The molecule has 0 unspecified atom stereocenters. The van der Waals surface area contributed by atoms with Crippen LogP contribution in [0.1, 0.15) is 42.1 Å². The van der Waals surface area contributed by atoms with Crippen molar-refractivity contribution in [2.24, 2.45) is 0 Å². The van der Waals surface area contributed by atoms with E-state index in [1.807, 2.05) is 4.68 Å². The molecule has 0 spiro atoms. The first kappa shape index (κ1) is 19.5. The Morgan fingerprint density at radius 1 is 1.26 bits per heavy atom. The van der Waals surface area contributed by atoms with Crippen molar-refractivity contribution in [1.29, 1.82) is 0 Å². The predicted molar refractivity (Wildman–Crippen MR) is 102 cm³/mol. The molecule has 1 amide bonds. The topological polar surface area (TPSA) is 82.4 Å². The Labute approximate surface area is 166 Å². The van der Waals surface area contributed by atoms with E-state index in [0.717, 1.165) is 25.7 Å². The van der Waals surface area contributed by atoms with E-state index in [1.165, 1.54) is 19.2 Å². The molecule has 7 nitrogen and oxygen atoms in total. The van der Waals surface area contributed by atoms with Crippen molar-refractivity contribution in [3.05, 3.63) is 40.0 Å². The number of hydrogen-bond acceptors (Lipinski definition) is 5. The van der Waals surface area contributed by atoms with Gasteiger partial charge in [-0.1, -0.05) is 36.0 Å². The van der Waals surface area contributed by atoms with Crippen LogP contribution >= 0.6 is 23.2 Å². The fourth-order valence-electron chi connectivity index (χ4n) is 3.12. The van der Waals surface area contributed by atoms with Crippen molar-refractivity contribution in [3.8, 4) is 5.75 Å². The van der Waals surface area contributed by atoms with Crippen LogP contribution in [0.25, 0.3) is 0 Å². The summed E-state index contributed by atoms with van der Waals surface area (Å²) < 4.78 is 11.9. The fourth-order valence-corrected chi connectivity index (χ4v) is 3.76. The van der Waals surface area contributed by atoms with Gasteiger partial charge in [-0.3, -0.25) is 4.79 Å². The minimum atomic E-state index is -0.707. The summed E-state index contributed by atoms with van der Waals surface area (Å²) >= 11 is 12.0. The first-order valence-electron chi connectivity index (χ1n) is 8.53. The van der Waals surface area contributed by atoms with Gasteiger partial charge in [0.1, 0.15) is 5.82 Å². The Morgan fingerprint density at radius 2 is 1.93 bits per heavy atom. The highest BCUT2D eigenvalue weighted by atomic mass is 35.5. The molecule has 0 aliphatic heterocycles. The minimum absolute atomic E-state index is 0.134. The first-order chi connectivity index (χ1) is 13.0. The summed E-state index contributed by atoms with van der Waals surface area (Å²) in [4.78, 5) is 24.3. The standard InChI is InChI=1S/C18H19Cl2N3O4/c1-26-17-13(19)8-11(9-14(17)20)18(25)27-10-16(24)22-15-6-7-21-23(15)12-4-2-3-5-12/h6-9,12H,2-5,10H2,1H3,(H,22,24). The zero-order valence-electron chi connectivity index (χ0n) is 14.7. The summed E-state index contributed by atoms with van der Waals surface area (Å²) in [5, 5.41) is 7.37. The molecule has 1 heterocycles. The second kappa shape index (κ2) is 8.63. The van der Waals surface area contributed by atoms with E-state index < -0.39 is 18.5 Å². The summed E-state index contributed by atoms with van der Waals surface area (Å²) in [6, 6.07) is 4.77. The maximum atomic E-state index is 12.2. The third-order valence-electron chi connectivity index (χ3n) is 4.38. The molecular formula is C18H19Cl2N3O4. The Bertz CT molecular complexity index is 824. The van der Waals surface area contributed by atoms with E-state index >= 15 is 0 Å². The zero-order chi connectivity index (χ0) is 19.4. The Morgan fingerprint density at radius 3 is 2.56 bits per heavy atom. The van der Waals surface area contributed by atoms with Crippen molar-refractivity contribution in [2.75, 3.05) is 19.0 Å². The normalized spacial score (nSPS) is 14.2. The highest BCUT2D eigenvalue weighted by Crippen LogP contribution is 2.34. The number of aromatic nitrogens is 2. The smallest absolute Gasteiger partial charge is 0.338 e. The van der Waals surface area contributed by atoms with Gasteiger partial charge >= 0.3 is 5.97 Å². The number of esters is 1. The maximum Gasteiger partial charge on any atom is 0.338 e. The number of benzene rings is 1. The Balaban J connectivity index is 1.58. The van der Waals surface area contributed by atoms with E-state index in [9.17, 15) is 9.59 Å². The van der Waals surface area contributed by atoms with Crippen LogP contribution in [0.5, 0.6) is 5.75 Å². The fraction of sp³-hybridized carbons (Fsp3) is 0.389. The summed E-state index contributed by atoms with van der Waals surface area (Å²) in [5.41, 5.74) is 0.134. The maximum absolute atomic E-state index is 12.2. The molecule has 144 valence electrons. The third kappa shape index (κ3) is 4.54. The molecule has 1 aliphatic carbocycles. The molecule has 0 bridgehead atoms. The monoisotopic (exact) mass is 411 g/mol. The number of hydrogen-bond donors (Lipinski definition) is 1. The number of amides is 1. The van der Waals surface area contributed by atoms with Crippen molar-refractivity contribution < 1.29 is 19.1 Å². The number of methoxy groups -OCH3 is 1. The van der Waals surface area contributed by atoms with Crippen LogP contribution in [0.15, 0.2) is 24.4 Å². The lowest BCUT2D eigenvalue weighted by molar-refractivity contribution is -0.119. The van der Waals surface area contributed by atoms with E-state index in [0.29, 0.717) is 11.9 Å². The number of carbonyl (C=O) groups is 2. The van der Waals surface area contributed by atoms with Gasteiger partial charge in [0.05, 0.1) is 35.0 Å². The van der Waals surface area contributed by atoms with Gasteiger partial charge in [-0.2, -0.15) is 5.10 Å². The second-order valence-corrected chi connectivity index (χ2v) is 7.01. The van der Waals surface area contributed by atoms with E-state index in [4.69, 9.17) is 32.7 Å². The number of halogens is 2. The molecule has 1 saturated carbocycles. The summed E-state index contributed by atoms with van der Waals surface area (Å²) in [5.74, 6) is -0.291. The van der Waals surface area contributed by atoms with Crippen LogP contribution in [-0.2, 0) is 9.53 Å². The largest absolute Gasteiger partial charge is 0.494 e. The number of rotatable bonds is 6. The van der Waals surface area contributed by atoms with Gasteiger partial charge in [-0.05, 0) is 25.0 Å². The van der Waals surface area contributed by atoms with Crippen LogP contribution in [0.2, 0.25) is 10.0 Å². The van der Waals surface area contributed by atoms with Crippen LogP contribution in [-0.4, -0.2) is 35.4 Å². The molecule has 1 aromatic heterocycles. The average Bonchev–Trinajstić information content (AvgIpc) is 3.30. The van der Waals surface area contributed by atoms with Crippen molar-refractivity contribution in [2.45, 2.75) is 31.7 Å². The van der Waals surface area contributed by atoms with Gasteiger partial charge in [0.15, 0.2) is 12.4 Å². The van der Waals surface area contributed by atoms with E-state index in [2.05, 4.69) is 10.4 Å². The van der Waals surface area contributed by atoms with Gasteiger partial charge in [0.2, 0.25) is 0 Å². The van der Waals surface area contributed by atoms with Gasteiger partial charge in [0.25, 0.3) is 5.91 Å². The second-order valence-electron chi connectivity index (χ2n) is 6.20. The van der Waals surface area contributed by atoms with Crippen molar-refractivity contribution in [3.63, 3.8) is 0 Å². The van der Waals surface area contributed by atoms with Crippen LogP contribution in [0, 0.1) is 0 Å². The molecule has 0 radical (unpaired) electrons. The highest BCUT2D eigenvalue weighted by molar-refractivity contribution is 6.37. The van der Waals surface area contributed by atoms with Gasteiger partial charge in [-0.25, -0.2) is 9.48 Å². The molecule has 27 heavy (non-hydrogen) atoms. The number of anilines is 1. The molecule has 2 aromatic rings. The molecule has 3 rings (SSSR count). The third-order valence-corrected chi connectivity index (χ3v) is 4.94. The number of nitrogens with zero attached hydrogens (tertiary/aromatic N) is 2. The molecule has 1 fully saturated rings. The van der Waals surface area contributed by atoms with E-state index in [-0.39, 0.29) is 21.4 Å². The van der Waals surface area contributed by atoms with Crippen LogP contribution in [0.4, 0.5) is 5.82 Å². The quantitative estimate of drug-likeness (QED) is 0.723. The number of ether oxygens (including phenoxy) is 2.